The van der Waals surface area contributed by atoms with Gasteiger partial charge in [0.2, 0.25) is 0 Å². The van der Waals surface area contributed by atoms with Gasteiger partial charge in [-0.3, -0.25) is 9.59 Å². The third-order valence-electron chi connectivity index (χ3n) is 4.78. The number of rotatable bonds is 14. The molecular weight excluding hydrogens is 392 g/mol. The molecule has 2 aromatic rings. The summed E-state index contributed by atoms with van der Waals surface area (Å²) >= 11 is 0. The maximum absolute atomic E-state index is 12.1. The Balaban J connectivity index is 1.49. The van der Waals surface area contributed by atoms with Crippen molar-refractivity contribution >= 4 is 11.8 Å². The first-order valence-electron chi connectivity index (χ1n) is 11.2. The maximum atomic E-state index is 12.1. The van der Waals surface area contributed by atoms with Crippen LogP contribution in [-0.4, -0.2) is 38.1 Å². The number of benzene rings is 2. The Hall–Kier alpha value is -3.02. The number of amides is 2. The second kappa shape index (κ2) is 14.1. The van der Waals surface area contributed by atoms with Crippen LogP contribution in [0.4, 0.5) is 0 Å². The Morgan fingerprint density at radius 1 is 0.613 bits per heavy atom. The van der Waals surface area contributed by atoms with Crippen molar-refractivity contribution in [2.75, 3.05) is 26.3 Å². The number of hydrogen-bond donors (Lipinski definition) is 2. The van der Waals surface area contributed by atoms with Crippen LogP contribution in [0, 0.1) is 0 Å². The average Bonchev–Trinajstić information content (AvgIpc) is 2.79. The zero-order chi connectivity index (χ0) is 22.3. The minimum atomic E-state index is -0.0555. The molecule has 0 saturated heterocycles. The third-order valence-corrected chi connectivity index (χ3v) is 4.78. The van der Waals surface area contributed by atoms with Crippen molar-refractivity contribution in [3.8, 4) is 11.5 Å². The van der Waals surface area contributed by atoms with Crippen molar-refractivity contribution < 1.29 is 19.1 Å². The van der Waals surface area contributed by atoms with Gasteiger partial charge in [-0.2, -0.15) is 0 Å². The van der Waals surface area contributed by atoms with Gasteiger partial charge in [-0.25, -0.2) is 0 Å². The number of carbonyl (C=O) groups excluding carboxylic acids is 2. The van der Waals surface area contributed by atoms with Crippen molar-refractivity contribution in [3.05, 3.63) is 59.7 Å². The molecule has 0 atom stereocenters. The molecule has 2 rings (SSSR count). The van der Waals surface area contributed by atoms with Gasteiger partial charge in [0.15, 0.2) is 0 Å². The smallest absolute Gasteiger partial charge is 0.251 e. The molecule has 2 aromatic carbocycles. The van der Waals surface area contributed by atoms with Crippen molar-refractivity contribution in [3.63, 3.8) is 0 Å². The highest BCUT2D eigenvalue weighted by Crippen LogP contribution is 2.13. The fourth-order valence-electron chi connectivity index (χ4n) is 3.13. The van der Waals surface area contributed by atoms with E-state index in [2.05, 4.69) is 10.6 Å². The Morgan fingerprint density at radius 2 is 0.968 bits per heavy atom. The van der Waals surface area contributed by atoms with Gasteiger partial charge < -0.3 is 20.1 Å². The number of unbranched alkanes of at least 4 members (excludes halogenated alkanes) is 4. The summed E-state index contributed by atoms with van der Waals surface area (Å²) in [5, 5.41) is 5.90. The molecule has 168 valence electrons. The summed E-state index contributed by atoms with van der Waals surface area (Å²) in [5.74, 6) is 1.43. The largest absolute Gasteiger partial charge is 0.494 e. The van der Waals surface area contributed by atoms with Crippen LogP contribution in [0.1, 0.15) is 66.7 Å². The van der Waals surface area contributed by atoms with Gasteiger partial charge in [-0.15, -0.1) is 0 Å². The standard InChI is InChI=1S/C25H34N2O4/c1-3-30-22-14-10-20(11-15-22)24(28)26-18-8-6-5-7-9-19-27-25(29)21-12-16-23(17-13-21)31-4-2/h10-17H,3-9,18-19H2,1-2H3,(H,26,28)(H,27,29). The van der Waals surface area contributed by atoms with Gasteiger partial charge in [0.25, 0.3) is 11.8 Å². The van der Waals surface area contributed by atoms with E-state index in [1.807, 2.05) is 38.1 Å². The molecule has 6 nitrogen and oxygen atoms in total. The average molecular weight is 427 g/mol. The summed E-state index contributed by atoms with van der Waals surface area (Å²) in [7, 11) is 0. The van der Waals surface area contributed by atoms with Crippen molar-refractivity contribution in [2.45, 2.75) is 46.0 Å². The van der Waals surface area contributed by atoms with Crippen LogP contribution in [0.2, 0.25) is 0 Å². The first kappa shape index (κ1) is 24.3. The van der Waals surface area contributed by atoms with Crippen LogP contribution < -0.4 is 20.1 Å². The summed E-state index contributed by atoms with van der Waals surface area (Å²) in [6.07, 6.45) is 5.08. The van der Waals surface area contributed by atoms with E-state index in [0.29, 0.717) is 37.4 Å². The molecule has 0 unspecified atom stereocenters. The Morgan fingerprint density at radius 3 is 1.32 bits per heavy atom. The van der Waals surface area contributed by atoms with E-state index >= 15 is 0 Å². The topological polar surface area (TPSA) is 76.7 Å². The molecule has 0 saturated carbocycles. The highest BCUT2D eigenvalue weighted by atomic mass is 16.5. The van der Waals surface area contributed by atoms with E-state index in [1.54, 1.807) is 24.3 Å². The molecule has 0 radical (unpaired) electrons. The molecule has 0 bridgehead atoms. The normalized spacial score (nSPS) is 10.4. The lowest BCUT2D eigenvalue weighted by Crippen LogP contribution is -2.24. The molecule has 2 amide bonds. The molecule has 0 heterocycles. The Kier molecular flexibility index (Phi) is 11.0. The molecule has 0 fully saturated rings. The molecule has 0 aliphatic heterocycles. The van der Waals surface area contributed by atoms with Crippen LogP contribution >= 0.6 is 0 Å². The number of ether oxygens (including phenoxy) is 2. The summed E-state index contributed by atoms with van der Waals surface area (Å²) < 4.78 is 10.8. The first-order chi connectivity index (χ1) is 15.1. The van der Waals surface area contributed by atoms with Crippen LogP contribution in [0.5, 0.6) is 11.5 Å². The summed E-state index contributed by atoms with van der Waals surface area (Å²) in [6.45, 7) is 6.42. The van der Waals surface area contributed by atoms with Crippen molar-refractivity contribution in [2.24, 2.45) is 0 Å². The zero-order valence-electron chi connectivity index (χ0n) is 18.6. The second-order valence-corrected chi connectivity index (χ2v) is 7.19. The second-order valence-electron chi connectivity index (χ2n) is 7.19. The van der Waals surface area contributed by atoms with Crippen LogP contribution in [0.3, 0.4) is 0 Å². The number of hydrogen-bond acceptors (Lipinski definition) is 4. The van der Waals surface area contributed by atoms with Gasteiger partial charge in [-0.1, -0.05) is 19.3 Å². The third kappa shape index (κ3) is 9.11. The van der Waals surface area contributed by atoms with E-state index in [-0.39, 0.29) is 11.8 Å². The van der Waals surface area contributed by atoms with E-state index in [9.17, 15) is 9.59 Å². The van der Waals surface area contributed by atoms with Crippen LogP contribution in [0.15, 0.2) is 48.5 Å². The minimum absolute atomic E-state index is 0.0555. The quantitative estimate of drug-likeness (QED) is 0.433. The number of nitrogens with one attached hydrogen (secondary N) is 2. The van der Waals surface area contributed by atoms with Gasteiger partial charge in [0.1, 0.15) is 11.5 Å². The molecule has 2 N–H and O–H groups in total. The fraction of sp³-hybridized carbons (Fsp3) is 0.440. The molecule has 6 heteroatoms. The summed E-state index contributed by atoms with van der Waals surface area (Å²) in [5.41, 5.74) is 1.29. The highest BCUT2D eigenvalue weighted by Gasteiger charge is 2.06. The molecular formula is C25H34N2O4. The minimum Gasteiger partial charge on any atom is -0.494 e. The molecule has 0 aromatic heterocycles. The van der Waals surface area contributed by atoms with E-state index in [1.165, 1.54) is 0 Å². The lowest BCUT2D eigenvalue weighted by molar-refractivity contribution is 0.0945. The molecule has 0 aliphatic carbocycles. The monoisotopic (exact) mass is 426 g/mol. The van der Waals surface area contributed by atoms with Crippen molar-refractivity contribution in [1.82, 2.24) is 10.6 Å². The fourth-order valence-corrected chi connectivity index (χ4v) is 3.13. The molecule has 31 heavy (non-hydrogen) atoms. The Labute approximate surface area is 185 Å². The summed E-state index contributed by atoms with van der Waals surface area (Å²) in [6, 6.07) is 14.4. The van der Waals surface area contributed by atoms with Crippen LogP contribution in [0.25, 0.3) is 0 Å². The van der Waals surface area contributed by atoms with E-state index in [4.69, 9.17) is 9.47 Å². The van der Waals surface area contributed by atoms with E-state index in [0.717, 1.165) is 43.6 Å². The first-order valence-corrected chi connectivity index (χ1v) is 11.2. The Bertz CT molecular complexity index is 721. The lowest BCUT2D eigenvalue weighted by atomic mass is 10.1. The zero-order valence-corrected chi connectivity index (χ0v) is 18.6. The SMILES string of the molecule is CCOc1ccc(C(=O)NCCCCCCCNC(=O)c2ccc(OCC)cc2)cc1. The molecule has 0 spiro atoms. The predicted molar refractivity (Wildman–Crippen MR) is 123 cm³/mol. The van der Waals surface area contributed by atoms with E-state index < -0.39 is 0 Å². The maximum Gasteiger partial charge on any atom is 0.251 e. The van der Waals surface area contributed by atoms with Gasteiger partial charge >= 0.3 is 0 Å². The predicted octanol–water partition coefficient (Wildman–Crippen LogP) is 4.59. The highest BCUT2D eigenvalue weighted by molar-refractivity contribution is 5.94. The van der Waals surface area contributed by atoms with Crippen LogP contribution in [-0.2, 0) is 0 Å². The molecule has 0 aliphatic rings. The van der Waals surface area contributed by atoms with Gasteiger partial charge in [-0.05, 0) is 75.2 Å². The number of carbonyl (C=O) groups is 2. The van der Waals surface area contributed by atoms with Gasteiger partial charge in [0.05, 0.1) is 13.2 Å². The van der Waals surface area contributed by atoms with Crippen molar-refractivity contribution in [1.29, 1.82) is 0 Å². The summed E-state index contributed by atoms with van der Waals surface area (Å²) in [4.78, 5) is 24.2. The van der Waals surface area contributed by atoms with Gasteiger partial charge in [0, 0.05) is 24.2 Å². The lowest BCUT2D eigenvalue weighted by Gasteiger charge is -2.08.